The summed E-state index contributed by atoms with van der Waals surface area (Å²) in [6, 6.07) is 14.6. The van der Waals surface area contributed by atoms with Gasteiger partial charge in [-0.15, -0.1) is 0 Å². The van der Waals surface area contributed by atoms with Gasteiger partial charge in [-0.1, -0.05) is 30.3 Å². The number of hydrogen-bond acceptors (Lipinski definition) is 4. The van der Waals surface area contributed by atoms with Crippen molar-refractivity contribution in [2.45, 2.75) is 19.0 Å². The van der Waals surface area contributed by atoms with Gasteiger partial charge in [0, 0.05) is 25.6 Å². The maximum atomic E-state index is 12.6. The quantitative estimate of drug-likeness (QED) is 0.864. The molecule has 0 aromatic heterocycles. The molecule has 1 saturated heterocycles. The molecule has 3 rings (SSSR count). The van der Waals surface area contributed by atoms with E-state index in [9.17, 15) is 9.59 Å². The van der Waals surface area contributed by atoms with E-state index in [-0.39, 0.29) is 17.9 Å². The zero-order chi connectivity index (χ0) is 18.5. The minimum absolute atomic E-state index is 0.0425. The molecule has 1 aliphatic rings. The average Bonchev–Trinajstić information content (AvgIpc) is 3.00. The number of carbonyl (C=O) groups excluding carboxylic acids is 2. The van der Waals surface area contributed by atoms with Crippen LogP contribution in [0.4, 0.5) is 0 Å². The lowest BCUT2D eigenvalue weighted by Gasteiger charge is -2.18. The lowest BCUT2D eigenvalue weighted by Crippen LogP contribution is -2.37. The van der Waals surface area contributed by atoms with Crippen LogP contribution >= 0.6 is 0 Å². The summed E-state index contributed by atoms with van der Waals surface area (Å²) in [5.74, 6) is 0.834. The fourth-order valence-electron chi connectivity index (χ4n) is 3.07. The summed E-state index contributed by atoms with van der Waals surface area (Å²) in [7, 11) is 3.06. The van der Waals surface area contributed by atoms with Crippen LogP contribution in [0.1, 0.15) is 22.3 Å². The molecule has 1 unspecified atom stereocenters. The number of benzene rings is 2. The molecule has 0 spiro atoms. The highest BCUT2D eigenvalue weighted by molar-refractivity contribution is 5.97. The summed E-state index contributed by atoms with van der Waals surface area (Å²) in [4.78, 5) is 26.6. The molecule has 0 radical (unpaired) electrons. The topological polar surface area (TPSA) is 67.9 Å². The molecule has 2 aromatic carbocycles. The number of nitrogens with zero attached hydrogens (tertiary/aromatic N) is 1. The van der Waals surface area contributed by atoms with Crippen molar-refractivity contribution < 1.29 is 19.1 Å². The van der Waals surface area contributed by atoms with Crippen molar-refractivity contribution in [2.75, 3.05) is 20.8 Å². The van der Waals surface area contributed by atoms with Crippen LogP contribution in [-0.4, -0.2) is 43.5 Å². The Labute approximate surface area is 152 Å². The molecule has 26 heavy (non-hydrogen) atoms. The van der Waals surface area contributed by atoms with Crippen molar-refractivity contribution in [3.8, 4) is 11.5 Å². The lowest BCUT2D eigenvalue weighted by atomic mass is 10.1. The monoisotopic (exact) mass is 354 g/mol. The minimum Gasteiger partial charge on any atom is -0.497 e. The van der Waals surface area contributed by atoms with Crippen molar-refractivity contribution in [1.29, 1.82) is 0 Å². The highest BCUT2D eigenvalue weighted by Gasteiger charge is 2.31. The Bertz CT molecular complexity index is 792. The van der Waals surface area contributed by atoms with E-state index in [1.165, 1.54) is 7.11 Å². The average molecular weight is 354 g/mol. The zero-order valence-electron chi connectivity index (χ0n) is 14.9. The summed E-state index contributed by atoms with van der Waals surface area (Å²) < 4.78 is 10.4. The second kappa shape index (κ2) is 7.91. The Morgan fingerprint density at radius 1 is 1.15 bits per heavy atom. The summed E-state index contributed by atoms with van der Waals surface area (Å²) in [5, 5.41) is 2.93. The Morgan fingerprint density at radius 2 is 1.92 bits per heavy atom. The van der Waals surface area contributed by atoms with Gasteiger partial charge in [0.25, 0.3) is 5.91 Å². The first-order valence-corrected chi connectivity index (χ1v) is 8.45. The molecule has 6 heteroatoms. The van der Waals surface area contributed by atoms with Gasteiger partial charge in [0.15, 0.2) is 0 Å². The van der Waals surface area contributed by atoms with Gasteiger partial charge in [0.1, 0.15) is 11.5 Å². The Hall–Kier alpha value is -3.02. The van der Waals surface area contributed by atoms with Crippen LogP contribution in [-0.2, 0) is 11.3 Å². The fraction of sp³-hybridized carbons (Fsp3) is 0.300. The van der Waals surface area contributed by atoms with E-state index in [2.05, 4.69) is 5.32 Å². The van der Waals surface area contributed by atoms with Crippen LogP contribution in [0, 0.1) is 0 Å². The number of methoxy groups -OCH3 is 2. The molecule has 136 valence electrons. The van der Waals surface area contributed by atoms with Gasteiger partial charge < -0.3 is 19.7 Å². The maximum Gasteiger partial charge on any atom is 0.255 e. The molecule has 6 nitrogen and oxygen atoms in total. The zero-order valence-corrected chi connectivity index (χ0v) is 14.9. The first-order valence-electron chi connectivity index (χ1n) is 8.45. The first-order chi connectivity index (χ1) is 12.6. The lowest BCUT2D eigenvalue weighted by molar-refractivity contribution is -0.128. The fourth-order valence-corrected chi connectivity index (χ4v) is 3.07. The molecular formula is C20H22N2O4. The maximum absolute atomic E-state index is 12.6. The SMILES string of the molecule is COc1ccc(C(=O)NC2CC(=O)N(Cc3ccccc3)C2)c(OC)c1. The molecule has 1 atom stereocenters. The third kappa shape index (κ3) is 3.96. The highest BCUT2D eigenvalue weighted by atomic mass is 16.5. The first kappa shape index (κ1) is 17.8. The number of hydrogen-bond donors (Lipinski definition) is 1. The van der Waals surface area contributed by atoms with E-state index in [1.807, 2.05) is 30.3 Å². The summed E-state index contributed by atoms with van der Waals surface area (Å²) in [6.45, 7) is 1.05. The molecule has 1 aliphatic heterocycles. The normalized spacial score (nSPS) is 16.5. The van der Waals surface area contributed by atoms with E-state index in [0.29, 0.717) is 36.6 Å². The molecular weight excluding hydrogens is 332 g/mol. The van der Waals surface area contributed by atoms with Gasteiger partial charge >= 0.3 is 0 Å². The standard InChI is InChI=1S/C20H22N2O4/c1-25-16-8-9-17(18(11-16)26-2)20(24)21-15-10-19(23)22(13-15)12-14-6-4-3-5-7-14/h3-9,11,15H,10,12-13H2,1-2H3,(H,21,24). The van der Waals surface area contributed by atoms with E-state index < -0.39 is 0 Å². The number of nitrogens with one attached hydrogen (secondary N) is 1. The molecule has 2 amide bonds. The van der Waals surface area contributed by atoms with Crippen LogP contribution < -0.4 is 14.8 Å². The summed E-state index contributed by atoms with van der Waals surface area (Å²) in [6.07, 6.45) is 0.303. The predicted molar refractivity (Wildman–Crippen MR) is 97.3 cm³/mol. The highest BCUT2D eigenvalue weighted by Crippen LogP contribution is 2.25. The third-order valence-corrected chi connectivity index (χ3v) is 4.42. The van der Waals surface area contributed by atoms with Crippen molar-refractivity contribution in [1.82, 2.24) is 10.2 Å². The van der Waals surface area contributed by atoms with Crippen molar-refractivity contribution in [2.24, 2.45) is 0 Å². The Balaban J connectivity index is 1.64. The van der Waals surface area contributed by atoms with E-state index in [4.69, 9.17) is 9.47 Å². The molecule has 0 aliphatic carbocycles. The summed E-state index contributed by atoms with van der Waals surface area (Å²) >= 11 is 0. The molecule has 0 saturated carbocycles. The van der Waals surface area contributed by atoms with E-state index >= 15 is 0 Å². The van der Waals surface area contributed by atoms with Gasteiger partial charge in [-0.05, 0) is 17.7 Å². The molecule has 1 heterocycles. The number of likely N-dealkylation sites (tertiary alicyclic amines) is 1. The van der Waals surface area contributed by atoms with Crippen LogP contribution in [0.15, 0.2) is 48.5 Å². The largest absolute Gasteiger partial charge is 0.497 e. The predicted octanol–water partition coefficient (Wildman–Crippen LogP) is 2.23. The van der Waals surface area contributed by atoms with Crippen molar-refractivity contribution >= 4 is 11.8 Å². The Kier molecular flexibility index (Phi) is 5.41. The second-order valence-electron chi connectivity index (χ2n) is 6.20. The van der Waals surface area contributed by atoms with Crippen molar-refractivity contribution in [3.05, 3.63) is 59.7 Å². The second-order valence-corrected chi connectivity index (χ2v) is 6.20. The van der Waals surface area contributed by atoms with Crippen LogP contribution in [0.3, 0.4) is 0 Å². The van der Waals surface area contributed by atoms with Gasteiger partial charge in [-0.2, -0.15) is 0 Å². The molecule has 0 bridgehead atoms. The molecule has 2 aromatic rings. The van der Waals surface area contributed by atoms with Crippen LogP contribution in [0.5, 0.6) is 11.5 Å². The van der Waals surface area contributed by atoms with Gasteiger partial charge in [0.05, 0.1) is 25.8 Å². The van der Waals surface area contributed by atoms with Gasteiger partial charge in [-0.25, -0.2) is 0 Å². The number of amides is 2. The Morgan fingerprint density at radius 3 is 2.62 bits per heavy atom. The third-order valence-electron chi connectivity index (χ3n) is 4.42. The van der Waals surface area contributed by atoms with E-state index in [0.717, 1.165) is 5.56 Å². The smallest absolute Gasteiger partial charge is 0.255 e. The summed E-state index contributed by atoms with van der Waals surface area (Å²) in [5.41, 5.74) is 1.49. The van der Waals surface area contributed by atoms with Crippen molar-refractivity contribution in [3.63, 3.8) is 0 Å². The van der Waals surface area contributed by atoms with Crippen LogP contribution in [0.2, 0.25) is 0 Å². The number of ether oxygens (including phenoxy) is 2. The van der Waals surface area contributed by atoms with Crippen LogP contribution in [0.25, 0.3) is 0 Å². The molecule has 1 fully saturated rings. The number of carbonyl (C=O) groups is 2. The van der Waals surface area contributed by atoms with Gasteiger partial charge in [-0.3, -0.25) is 9.59 Å². The van der Waals surface area contributed by atoms with E-state index in [1.54, 1.807) is 30.2 Å². The molecule has 1 N–H and O–H groups in total. The van der Waals surface area contributed by atoms with Gasteiger partial charge in [0.2, 0.25) is 5.91 Å². The number of rotatable bonds is 6. The minimum atomic E-state index is -0.260.